The number of anilines is 2. The number of piperidine rings is 1. The van der Waals surface area contributed by atoms with E-state index in [1.165, 1.54) is 0 Å². The number of fused-ring (bicyclic) bond motifs is 1. The summed E-state index contributed by atoms with van der Waals surface area (Å²) < 4.78 is 0. The summed E-state index contributed by atoms with van der Waals surface area (Å²) in [5.41, 5.74) is 3.21. The number of rotatable bonds is 6. The fourth-order valence-electron chi connectivity index (χ4n) is 4.37. The van der Waals surface area contributed by atoms with Crippen molar-refractivity contribution in [1.82, 2.24) is 9.88 Å². The molecule has 2 amide bonds. The van der Waals surface area contributed by atoms with Crippen molar-refractivity contribution in [3.05, 3.63) is 66.4 Å². The second kappa shape index (κ2) is 9.81. The number of carbonyl (C=O) groups is 2. The molecule has 1 aromatic heterocycles. The molecule has 2 aromatic carbocycles. The lowest BCUT2D eigenvalue weighted by Gasteiger charge is -2.36. The highest BCUT2D eigenvalue weighted by atomic mass is 16.2. The van der Waals surface area contributed by atoms with E-state index in [-0.39, 0.29) is 17.7 Å². The quantitative estimate of drug-likeness (QED) is 0.622. The lowest BCUT2D eigenvalue weighted by Crippen LogP contribution is -2.44. The standard InChI is InChI=1S/C26H30N4O2/c1-3-29(4-2)26(32)21-9-7-15-30(18-21)23-13-11-19(12-14-23)25(31)28-22-16-20-8-5-6-10-24(20)27-17-22/h5-6,8,10-14,16-17,21H,3-4,7,9,15,18H2,1-2H3,(H,28,31). The number of pyridine rings is 1. The third-order valence-electron chi connectivity index (χ3n) is 6.19. The van der Waals surface area contributed by atoms with Crippen LogP contribution >= 0.6 is 0 Å². The zero-order valence-corrected chi connectivity index (χ0v) is 18.8. The summed E-state index contributed by atoms with van der Waals surface area (Å²) in [6, 6.07) is 17.4. The number of hydrogen-bond donors (Lipinski definition) is 1. The molecule has 2 heterocycles. The molecule has 6 heteroatoms. The van der Waals surface area contributed by atoms with E-state index in [0.29, 0.717) is 11.3 Å². The summed E-state index contributed by atoms with van der Waals surface area (Å²) in [5, 5.41) is 3.92. The Hall–Kier alpha value is -3.41. The molecule has 0 saturated carbocycles. The molecule has 1 unspecified atom stereocenters. The molecule has 3 aromatic rings. The average Bonchev–Trinajstić information content (AvgIpc) is 2.85. The van der Waals surface area contributed by atoms with E-state index in [1.54, 1.807) is 6.20 Å². The molecule has 1 atom stereocenters. The SMILES string of the molecule is CCN(CC)C(=O)C1CCCN(c2ccc(C(=O)Nc3cnc4ccccc4c3)cc2)C1. The maximum atomic E-state index is 12.8. The van der Waals surface area contributed by atoms with Gasteiger partial charge in [0.1, 0.15) is 0 Å². The summed E-state index contributed by atoms with van der Waals surface area (Å²) in [7, 11) is 0. The Labute approximate surface area is 189 Å². The van der Waals surface area contributed by atoms with Crippen molar-refractivity contribution in [3.63, 3.8) is 0 Å². The molecule has 0 aliphatic carbocycles. The van der Waals surface area contributed by atoms with Crippen molar-refractivity contribution in [2.24, 2.45) is 5.92 Å². The van der Waals surface area contributed by atoms with Crippen molar-refractivity contribution in [1.29, 1.82) is 0 Å². The molecular weight excluding hydrogens is 400 g/mol. The molecule has 0 spiro atoms. The van der Waals surface area contributed by atoms with Crippen LogP contribution in [0.15, 0.2) is 60.8 Å². The molecule has 32 heavy (non-hydrogen) atoms. The van der Waals surface area contributed by atoms with Crippen LogP contribution in [0.2, 0.25) is 0 Å². The van der Waals surface area contributed by atoms with Crippen LogP contribution in [0.25, 0.3) is 10.9 Å². The lowest BCUT2D eigenvalue weighted by atomic mass is 9.95. The Kier molecular flexibility index (Phi) is 6.69. The van der Waals surface area contributed by atoms with Crippen LogP contribution in [0.3, 0.4) is 0 Å². The Bertz CT molecular complexity index is 1090. The van der Waals surface area contributed by atoms with Crippen LogP contribution in [-0.2, 0) is 4.79 Å². The van der Waals surface area contributed by atoms with Crippen molar-refractivity contribution in [2.75, 3.05) is 36.4 Å². The largest absolute Gasteiger partial charge is 0.371 e. The molecule has 1 fully saturated rings. The molecule has 1 aliphatic rings. The second-order valence-corrected chi connectivity index (χ2v) is 8.21. The summed E-state index contributed by atoms with van der Waals surface area (Å²) in [5.74, 6) is 0.119. The van der Waals surface area contributed by atoms with Gasteiger partial charge in [-0.25, -0.2) is 0 Å². The Morgan fingerprint density at radius 3 is 2.59 bits per heavy atom. The number of amides is 2. The van der Waals surface area contributed by atoms with Crippen LogP contribution in [0.5, 0.6) is 0 Å². The first-order chi connectivity index (χ1) is 15.6. The Morgan fingerprint density at radius 2 is 1.84 bits per heavy atom. The predicted molar refractivity (Wildman–Crippen MR) is 129 cm³/mol. The number of hydrogen-bond acceptors (Lipinski definition) is 4. The van der Waals surface area contributed by atoms with Crippen LogP contribution in [0.4, 0.5) is 11.4 Å². The molecule has 1 saturated heterocycles. The average molecular weight is 431 g/mol. The monoisotopic (exact) mass is 430 g/mol. The molecule has 0 bridgehead atoms. The van der Waals surface area contributed by atoms with E-state index in [1.807, 2.05) is 73.3 Å². The molecule has 166 valence electrons. The van der Waals surface area contributed by atoms with Crippen molar-refractivity contribution < 1.29 is 9.59 Å². The fourth-order valence-corrected chi connectivity index (χ4v) is 4.37. The number of carbonyl (C=O) groups excluding carboxylic acids is 2. The van der Waals surface area contributed by atoms with E-state index in [9.17, 15) is 9.59 Å². The molecule has 0 radical (unpaired) electrons. The first-order valence-electron chi connectivity index (χ1n) is 11.4. The van der Waals surface area contributed by atoms with Gasteiger partial charge in [0, 0.05) is 42.8 Å². The zero-order chi connectivity index (χ0) is 22.5. The van der Waals surface area contributed by atoms with Gasteiger partial charge >= 0.3 is 0 Å². The van der Waals surface area contributed by atoms with Crippen molar-refractivity contribution in [3.8, 4) is 0 Å². The van der Waals surface area contributed by atoms with Gasteiger partial charge in [-0.3, -0.25) is 14.6 Å². The topological polar surface area (TPSA) is 65.5 Å². The van der Waals surface area contributed by atoms with Gasteiger partial charge in [0.05, 0.1) is 23.3 Å². The van der Waals surface area contributed by atoms with Gasteiger partial charge in [0.2, 0.25) is 5.91 Å². The summed E-state index contributed by atoms with van der Waals surface area (Å²) in [4.78, 5) is 34.1. The molecule has 6 nitrogen and oxygen atoms in total. The fraction of sp³-hybridized carbons (Fsp3) is 0.346. The number of para-hydroxylation sites is 1. The van der Waals surface area contributed by atoms with Gasteiger partial charge in [0.15, 0.2) is 0 Å². The maximum absolute atomic E-state index is 12.8. The lowest BCUT2D eigenvalue weighted by molar-refractivity contribution is -0.135. The third-order valence-corrected chi connectivity index (χ3v) is 6.19. The molecular formula is C26H30N4O2. The summed E-state index contributed by atoms with van der Waals surface area (Å²) in [6.45, 7) is 7.21. The van der Waals surface area contributed by atoms with E-state index in [4.69, 9.17) is 0 Å². The van der Waals surface area contributed by atoms with Gasteiger partial charge in [-0.1, -0.05) is 18.2 Å². The highest BCUT2D eigenvalue weighted by Gasteiger charge is 2.28. The van der Waals surface area contributed by atoms with Gasteiger partial charge < -0.3 is 15.1 Å². The van der Waals surface area contributed by atoms with Gasteiger partial charge in [-0.2, -0.15) is 0 Å². The molecule has 4 rings (SSSR count). The summed E-state index contributed by atoms with van der Waals surface area (Å²) >= 11 is 0. The minimum Gasteiger partial charge on any atom is -0.371 e. The van der Waals surface area contributed by atoms with Gasteiger partial charge in [0.25, 0.3) is 5.91 Å². The van der Waals surface area contributed by atoms with Gasteiger partial charge in [-0.15, -0.1) is 0 Å². The minimum absolute atomic E-state index is 0.0343. The second-order valence-electron chi connectivity index (χ2n) is 8.21. The number of benzene rings is 2. The zero-order valence-electron chi connectivity index (χ0n) is 18.8. The first kappa shape index (κ1) is 21.8. The highest BCUT2D eigenvalue weighted by Crippen LogP contribution is 2.25. The molecule has 1 N–H and O–H groups in total. The smallest absolute Gasteiger partial charge is 0.255 e. The number of nitrogens with one attached hydrogen (secondary N) is 1. The molecule has 1 aliphatic heterocycles. The van der Waals surface area contributed by atoms with E-state index < -0.39 is 0 Å². The predicted octanol–water partition coefficient (Wildman–Crippen LogP) is 4.57. The number of aromatic nitrogens is 1. The highest BCUT2D eigenvalue weighted by molar-refractivity contribution is 6.05. The van der Waals surface area contributed by atoms with Crippen molar-refractivity contribution >= 4 is 34.1 Å². The van der Waals surface area contributed by atoms with Crippen LogP contribution in [0.1, 0.15) is 37.0 Å². The minimum atomic E-state index is -0.165. The van der Waals surface area contributed by atoms with E-state index in [2.05, 4.69) is 15.2 Å². The summed E-state index contributed by atoms with van der Waals surface area (Å²) in [6.07, 6.45) is 3.61. The number of nitrogens with zero attached hydrogens (tertiary/aromatic N) is 3. The van der Waals surface area contributed by atoms with Gasteiger partial charge in [-0.05, 0) is 63.1 Å². The van der Waals surface area contributed by atoms with Crippen LogP contribution in [-0.4, -0.2) is 47.9 Å². The maximum Gasteiger partial charge on any atom is 0.255 e. The van der Waals surface area contributed by atoms with E-state index in [0.717, 1.165) is 55.6 Å². The first-order valence-corrected chi connectivity index (χ1v) is 11.4. The third kappa shape index (κ3) is 4.74. The Morgan fingerprint density at radius 1 is 1.09 bits per heavy atom. The van der Waals surface area contributed by atoms with Crippen LogP contribution < -0.4 is 10.2 Å². The normalized spacial score (nSPS) is 16.1. The van der Waals surface area contributed by atoms with E-state index >= 15 is 0 Å². The van der Waals surface area contributed by atoms with Crippen LogP contribution in [0, 0.1) is 5.92 Å². The van der Waals surface area contributed by atoms with Crippen molar-refractivity contribution in [2.45, 2.75) is 26.7 Å². The Balaban J connectivity index is 1.41.